The van der Waals surface area contributed by atoms with Gasteiger partial charge in [0.2, 0.25) is 10.0 Å². The van der Waals surface area contributed by atoms with E-state index in [0.29, 0.717) is 43.5 Å². The maximum atomic E-state index is 13.0. The van der Waals surface area contributed by atoms with Crippen molar-refractivity contribution in [2.24, 2.45) is 5.92 Å². The van der Waals surface area contributed by atoms with Crippen LogP contribution in [-0.2, 0) is 20.2 Å². The molecule has 0 radical (unpaired) electrons. The Hall–Kier alpha value is -1.44. The lowest BCUT2D eigenvalue weighted by Crippen LogP contribution is -3.15. The zero-order valence-corrected chi connectivity index (χ0v) is 19.1. The average molecular weight is 423 g/mol. The molecule has 0 aromatic heterocycles. The quantitative estimate of drug-likeness (QED) is 0.791. The first-order chi connectivity index (χ1) is 13.6. The lowest BCUT2D eigenvalue weighted by atomic mass is 9.87. The highest BCUT2D eigenvalue weighted by Gasteiger charge is 2.32. The normalized spacial score (nSPS) is 22.6. The monoisotopic (exact) mass is 422 g/mol. The lowest BCUT2D eigenvalue weighted by Gasteiger charge is -2.34. The highest BCUT2D eigenvalue weighted by Crippen LogP contribution is 2.24. The number of nitrogens with zero attached hydrogens (tertiary/aromatic N) is 2. The molecular formula is C22H36N3O3S+. The molecular weight excluding hydrogens is 386 g/mol. The van der Waals surface area contributed by atoms with E-state index < -0.39 is 10.0 Å². The number of likely N-dealkylation sites (tertiary alicyclic amines) is 1. The molecule has 162 valence electrons. The summed E-state index contributed by atoms with van der Waals surface area (Å²) in [5, 5.41) is 0. The number of hydrogen-bond acceptors (Lipinski definition) is 3. The largest absolute Gasteiger partial charge is 0.338 e. The van der Waals surface area contributed by atoms with Crippen molar-refractivity contribution >= 4 is 15.9 Å². The van der Waals surface area contributed by atoms with Crippen molar-refractivity contribution in [3.05, 3.63) is 29.8 Å². The maximum Gasteiger partial charge on any atom is 0.277 e. The van der Waals surface area contributed by atoms with Gasteiger partial charge in [-0.1, -0.05) is 39.8 Å². The predicted molar refractivity (Wildman–Crippen MR) is 114 cm³/mol. The Labute approximate surface area is 175 Å². The molecule has 2 saturated heterocycles. The van der Waals surface area contributed by atoms with Crippen molar-refractivity contribution < 1.29 is 18.1 Å². The van der Waals surface area contributed by atoms with Gasteiger partial charge in [-0.3, -0.25) is 4.79 Å². The van der Waals surface area contributed by atoms with Crippen LogP contribution in [0.5, 0.6) is 0 Å². The minimum Gasteiger partial charge on any atom is -0.338 e. The van der Waals surface area contributed by atoms with Crippen LogP contribution in [0.3, 0.4) is 0 Å². The van der Waals surface area contributed by atoms with Crippen LogP contribution in [0.4, 0.5) is 0 Å². The number of quaternary nitrogens is 1. The molecule has 0 bridgehead atoms. The molecule has 0 spiro atoms. The first-order valence-corrected chi connectivity index (χ1v) is 12.2. The van der Waals surface area contributed by atoms with Gasteiger partial charge in [0.25, 0.3) is 5.91 Å². The summed E-state index contributed by atoms with van der Waals surface area (Å²) in [6.07, 6.45) is 2.28. The fourth-order valence-electron chi connectivity index (χ4n) is 4.24. The van der Waals surface area contributed by atoms with Gasteiger partial charge in [-0.05, 0) is 41.9 Å². The molecule has 2 heterocycles. The molecule has 7 heteroatoms. The highest BCUT2D eigenvalue weighted by atomic mass is 32.2. The molecule has 1 N–H and O–H groups in total. The second-order valence-electron chi connectivity index (χ2n) is 9.69. The fourth-order valence-corrected chi connectivity index (χ4v) is 5.68. The summed E-state index contributed by atoms with van der Waals surface area (Å²) in [6.45, 7) is 13.0. The molecule has 3 rings (SSSR count). The van der Waals surface area contributed by atoms with Crippen LogP contribution in [0.25, 0.3) is 0 Å². The van der Waals surface area contributed by atoms with Gasteiger partial charge in [-0.2, -0.15) is 4.31 Å². The van der Waals surface area contributed by atoms with Gasteiger partial charge in [-0.15, -0.1) is 0 Å². The minimum absolute atomic E-state index is 0.00400. The van der Waals surface area contributed by atoms with Crippen molar-refractivity contribution in [1.29, 1.82) is 0 Å². The average Bonchev–Trinajstić information content (AvgIpc) is 2.68. The maximum absolute atomic E-state index is 13.0. The van der Waals surface area contributed by atoms with Gasteiger partial charge in [0.1, 0.15) is 0 Å². The minimum atomic E-state index is -3.48. The van der Waals surface area contributed by atoms with Gasteiger partial charge in [0.05, 0.1) is 31.1 Å². The Balaban J connectivity index is 1.56. The Morgan fingerprint density at radius 1 is 1.10 bits per heavy atom. The molecule has 0 saturated carbocycles. The molecule has 1 atom stereocenters. The number of nitrogens with one attached hydrogen (secondary N) is 1. The van der Waals surface area contributed by atoms with E-state index in [1.807, 2.05) is 17.0 Å². The molecule has 1 amide bonds. The van der Waals surface area contributed by atoms with Gasteiger partial charge in [0.15, 0.2) is 6.54 Å². The van der Waals surface area contributed by atoms with Crippen LogP contribution in [-0.4, -0.2) is 69.3 Å². The molecule has 1 aromatic rings. The second-order valence-corrected chi connectivity index (χ2v) is 11.6. The summed E-state index contributed by atoms with van der Waals surface area (Å²) in [5.41, 5.74) is 1.12. The molecule has 1 aromatic carbocycles. The summed E-state index contributed by atoms with van der Waals surface area (Å²) in [7, 11) is -3.48. The third kappa shape index (κ3) is 5.38. The van der Waals surface area contributed by atoms with Gasteiger partial charge < -0.3 is 9.80 Å². The van der Waals surface area contributed by atoms with Crippen molar-refractivity contribution in [2.75, 3.05) is 45.8 Å². The molecule has 0 aliphatic carbocycles. The number of amides is 1. The number of rotatable bonds is 4. The van der Waals surface area contributed by atoms with Crippen LogP contribution < -0.4 is 4.90 Å². The van der Waals surface area contributed by atoms with E-state index in [9.17, 15) is 13.2 Å². The molecule has 2 aliphatic heterocycles. The third-order valence-electron chi connectivity index (χ3n) is 6.20. The number of sulfonamides is 1. The van der Waals surface area contributed by atoms with E-state index in [1.165, 1.54) is 11.3 Å². The van der Waals surface area contributed by atoms with Crippen LogP contribution in [0.15, 0.2) is 29.2 Å². The van der Waals surface area contributed by atoms with E-state index in [0.717, 1.165) is 25.1 Å². The smallest absolute Gasteiger partial charge is 0.277 e. The Morgan fingerprint density at radius 2 is 1.72 bits per heavy atom. The molecule has 0 unspecified atom stereocenters. The standard InChI is InChI=1S/C22H35N3O3S/c1-18-6-5-11-24(16-18)21(26)17-23-12-14-25(15-13-23)29(27,28)20-9-7-19(8-10-20)22(2,3)4/h7-10,18H,5-6,11-17H2,1-4H3/p+1/t18-/m1/s1. The summed E-state index contributed by atoms with van der Waals surface area (Å²) in [6, 6.07) is 7.26. The Bertz CT molecular complexity index is 807. The van der Waals surface area contributed by atoms with Crippen molar-refractivity contribution in [1.82, 2.24) is 9.21 Å². The van der Waals surface area contributed by atoms with Crippen molar-refractivity contribution in [3.63, 3.8) is 0 Å². The number of carbonyl (C=O) groups is 1. The Morgan fingerprint density at radius 3 is 2.28 bits per heavy atom. The topological polar surface area (TPSA) is 62.1 Å². The van der Waals surface area contributed by atoms with E-state index >= 15 is 0 Å². The number of piperazine rings is 1. The molecule has 6 nitrogen and oxygen atoms in total. The summed E-state index contributed by atoms with van der Waals surface area (Å²) in [4.78, 5) is 16.1. The zero-order chi connectivity index (χ0) is 21.2. The molecule has 29 heavy (non-hydrogen) atoms. The van der Waals surface area contributed by atoms with Crippen molar-refractivity contribution in [3.8, 4) is 0 Å². The van der Waals surface area contributed by atoms with E-state index in [2.05, 4.69) is 27.7 Å². The van der Waals surface area contributed by atoms with Crippen LogP contribution in [0.2, 0.25) is 0 Å². The number of piperidine rings is 1. The van der Waals surface area contributed by atoms with Crippen molar-refractivity contribution in [2.45, 2.75) is 50.8 Å². The molecule has 2 aliphatic rings. The van der Waals surface area contributed by atoms with Gasteiger partial charge in [0, 0.05) is 13.1 Å². The number of benzene rings is 1. The van der Waals surface area contributed by atoms with Gasteiger partial charge in [-0.25, -0.2) is 8.42 Å². The SMILES string of the molecule is C[C@@H]1CCCN(C(=O)C[NH+]2CCN(S(=O)(=O)c3ccc(C(C)(C)C)cc3)CC2)C1. The highest BCUT2D eigenvalue weighted by molar-refractivity contribution is 7.89. The number of carbonyl (C=O) groups excluding carboxylic acids is 1. The summed E-state index contributed by atoms with van der Waals surface area (Å²) >= 11 is 0. The third-order valence-corrected chi connectivity index (χ3v) is 8.11. The van der Waals surface area contributed by atoms with Gasteiger partial charge >= 0.3 is 0 Å². The van der Waals surface area contributed by atoms with E-state index in [4.69, 9.17) is 0 Å². The van der Waals surface area contributed by atoms with Crippen LogP contribution in [0.1, 0.15) is 46.1 Å². The number of hydrogen-bond donors (Lipinski definition) is 1. The first kappa shape index (κ1) is 22.2. The lowest BCUT2D eigenvalue weighted by molar-refractivity contribution is -0.896. The molecule has 2 fully saturated rings. The zero-order valence-electron chi connectivity index (χ0n) is 18.3. The van der Waals surface area contributed by atoms with Crippen LogP contribution >= 0.6 is 0 Å². The van der Waals surface area contributed by atoms with E-state index in [-0.39, 0.29) is 11.3 Å². The summed E-state index contributed by atoms with van der Waals surface area (Å²) in [5.74, 6) is 0.787. The predicted octanol–water partition coefficient (Wildman–Crippen LogP) is 1.13. The first-order valence-electron chi connectivity index (χ1n) is 10.8. The van der Waals surface area contributed by atoms with Crippen LogP contribution in [0, 0.1) is 5.92 Å². The fraction of sp³-hybridized carbons (Fsp3) is 0.682. The van der Waals surface area contributed by atoms with E-state index in [1.54, 1.807) is 16.4 Å². The summed E-state index contributed by atoms with van der Waals surface area (Å²) < 4.78 is 27.6. The Kier molecular flexibility index (Phi) is 6.70. The second kappa shape index (κ2) is 8.74.